The van der Waals surface area contributed by atoms with E-state index in [9.17, 15) is 18.4 Å². The highest BCUT2D eigenvalue weighted by atomic mass is 19.3. The number of hydrogen-bond donors (Lipinski definition) is 2. The van der Waals surface area contributed by atoms with Gasteiger partial charge in [-0.25, -0.2) is 0 Å². The Morgan fingerprint density at radius 2 is 2.00 bits per heavy atom. The van der Waals surface area contributed by atoms with Crippen molar-refractivity contribution >= 4 is 11.9 Å². The molecular weight excluding hydrogens is 272 g/mol. The van der Waals surface area contributed by atoms with Crippen molar-refractivity contribution in [2.24, 2.45) is 0 Å². The molecular formula is C13H15F2NO4. The third-order valence-corrected chi connectivity index (χ3v) is 2.43. The van der Waals surface area contributed by atoms with Crippen molar-refractivity contribution in [3.05, 3.63) is 29.8 Å². The predicted octanol–water partition coefficient (Wildman–Crippen LogP) is 1.77. The number of aliphatic carboxylic acids is 1. The van der Waals surface area contributed by atoms with Gasteiger partial charge in [-0.15, -0.1) is 0 Å². The maximum atomic E-state index is 14.0. The van der Waals surface area contributed by atoms with Crippen LogP contribution >= 0.6 is 0 Å². The third kappa shape index (κ3) is 3.91. The SMILES string of the molecule is CCOc1ccccc1C(F)(F)C(=O)NCCC(=O)O. The molecule has 0 heterocycles. The Morgan fingerprint density at radius 3 is 2.60 bits per heavy atom. The number of para-hydroxylation sites is 1. The molecule has 1 aromatic rings. The number of carboxylic acids is 1. The Morgan fingerprint density at radius 1 is 1.35 bits per heavy atom. The number of carbonyl (C=O) groups excluding carboxylic acids is 1. The smallest absolute Gasteiger partial charge is 0.353 e. The van der Waals surface area contributed by atoms with Gasteiger partial charge in [0, 0.05) is 6.54 Å². The van der Waals surface area contributed by atoms with Gasteiger partial charge in [0.05, 0.1) is 18.6 Å². The van der Waals surface area contributed by atoms with E-state index in [0.29, 0.717) is 0 Å². The Bertz CT molecular complexity index is 491. The molecule has 1 aromatic carbocycles. The van der Waals surface area contributed by atoms with Gasteiger partial charge in [-0.2, -0.15) is 8.78 Å². The van der Waals surface area contributed by atoms with Gasteiger partial charge < -0.3 is 15.2 Å². The number of halogens is 2. The first-order valence-corrected chi connectivity index (χ1v) is 5.99. The standard InChI is InChI=1S/C13H15F2NO4/c1-2-20-10-6-4-3-5-9(10)13(14,15)12(19)16-8-7-11(17)18/h3-6H,2,7-8H2,1H3,(H,16,19)(H,17,18). The molecule has 0 saturated heterocycles. The highest BCUT2D eigenvalue weighted by Crippen LogP contribution is 2.35. The number of hydrogen-bond acceptors (Lipinski definition) is 3. The van der Waals surface area contributed by atoms with Crippen molar-refractivity contribution in [1.82, 2.24) is 5.32 Å². The number of amides is 1. The molecule has 0 aromatic heterocycles. The lowest BCUT2D eigenvalue weighted by Gasteiger charge is -2.19. The maximum Gasteiger partial charge on any atom is 0.353 e. The lowest BCUT2D eigenvalue weighted by atomic mass is 10.1. The molecule has 7 heteroatoms. The summed E-state index contributed by atoms with van der Waals surface area (Å²) in [5, 5.41) is 10.3. The molecule has 0 unspecified atom stereocenters. The van der Waals surface area contributed by atoms with Crippen LogP contribution in [0, 0.1) is 0 Å². The molecule has 0 aliphatic heterocycles. The van der Waals surface area contributed by atoms with Crippen LogP contribution in [0.4, 0.5) is 8.78 Å². The molecule has 2 N–H and O–H groups in total. The molecule has 0 bridgehead atoms. The zero-order valence-corrected chi connectivity index (χ0v) is 10.9. The minimum atomic E-state index is -3.79. The van der Waals surface area contributed by atoms with Crippen molar-refractivity contribution in [2.45, 2.75) is 19.3 Å². The fourth-order valence-electron chi connectivity index (χ4n) is 1.52. The van der Waals surface area contributed by atoms with Crippen LogP contribution in [0.2, 0.25) is 0 Å². The summed E-state index contributed by atoms with van der Waals surface area (Å²) >= 11 is 0. The summed E-state index contributed by atoms with van der Waals surface area (Å²) in [5.41, 5.74) is -0.547. The third-order valence-electron chi connectivity index (χ3n) is 2.43. The first kappa shape index (κ1) is 15.9. The second kappa shape index (κ2) is 6.83. The molecule has 5 nitrogen and oxygen atoms in total. The molecule has 1 amide bonds. The largest absolute Gasteiger partial charge is 0.493 e. The summed E-state index contributed by atoms with van der Waals surface area (Å²) < 4.78 is 33.1. The van der Waals surface area contributed by atoms with Crippen LogP contribution in [-0.2, 0) is 15.5 Å². The van der Waals surface area contributed by atoms with E-state index >= 15 is 0 Å². The summed E-state index contributed by atoms with van der Waals surface area (Å²) in [6.07, 6.45) is -0.422. The van der Waals surface area contributed by atoms with E-state index in [-0.39, 0.29) is 18.9 Å². The van der Waals surface area contributed by atoms with Crippen LogP contribution in [0.5, 0.6) is 5.75 Å². The highest BCUT2D eigenvalue weighted by Gasteiger charge is 2.43. The summed E-state index contributed by atoms with van der Waals surface area (Å²) in [4.78, 5) is 21.8. The highest BCUT2D eigenvalue weighted by molar-refractivity contribution is 5.85. The average molecular weight is 287 g/mol. The van der Waals surface area contributed by atoms with E-state index in [0.717, 1.165) is 6.07 Å². The van der Waals surface area contributed by atoms with Crippen molar-refractivity contribution < 1.29 is 28.2 Å². The number of alkyl halides is 2. The topological polar surface area (TPSA) is 75.6 Å². The first-order valence-electron chi connectivity index (χ1n) is 5.99. The number of rotatable bonds is 7. The van der Waals surface area contributed by atoms with Crippen LogP contribution in [0.3, 0.4) is 0 Å². The second-order valence-corrected chi connectivity index (χ2v) is 3.90. The Kier molecular flexibility index (Phi) is 5.42. The minimum Gasteiger partial charge on any atom is -0.493 e. The Hall–Kier alpha value is -2.18. The van der Waals surface area contributed by atoms with E-state index in [1.807, 2.05) is 5.32 Å². The maximum absolute atomic E-state index is 14.0. The van der Waals surface area contributed by atoms with Crippen molar-refractivity contribution in [1.29, 1.82) is 0 Å². The summed E-state index contributed by atoms with van der Waals surface area (Å²) in [6.45, 7) is 1.47. The molecule has 0 radical (unpaired) electrons. The van der Waals surface area contributed by atoms with Gasteiger partial charge in [-0.1, -0.05) is 12.1 Å². The van der Waals surface area contributed by atoms with Gasteiger partial charge in [0.2, 0.25) is 0 Å². The van der Waals surface area contributed by atoms with Crippen LogP contribution < -0.4 is 10.1 Å². The second-order valence-electron chi connectivity index (χ2n) is 3.90. The Balaban J connectivity index is 2.86. The molecule has 0 aliphatic carbocycles. The van der Waals surface area contributed by atoms with Gasteiger partial charge in [0.15, 0.2) is 0 Å². The van der Waals surface area contributed by atoms with Gasteiger partial charge in [-0.3, -0.25) is 9.59 Å². The van der Waals surface area contributed by atoms with E-state index in [1.165, 1.54) is 18.2 Å². The van der Waals surface area contributed by atoms with Crippen LogP contribution in [-0.4, -0.2) is 30.1 Å². The monoisotopic (exact) mass is 287 g/mol. The molecule has 20 heavy (non-hydrogen) atoms. The molecule has 0 spiro atoms. The summed E-state index contributed by atoms with van der Waals surface area (Å²) in [5.74, 6) is -6.59. The molecule has 0 fully saturated rings. The fourth-order valence-corrected chi connectivity index (χ4v) is 1.52. The molecule has 0 saturated carbocycles. The van der Waals surface area contributed by atoms with Crippen molar-refractivity contribution in [3.8, 4) is 5.75 Å². The molecule has 1 rings (SSSR count). The van der Waals surface area contributed by atoms with Crippen molar-refractivity contribution in [2.75, 3.05) is 13.2 Å². The Labute approximate surface area is 114 Å². The predicted molar refractivity (Wildman–Crippen MR) is 66.8 cm³/mol. The zero-order valence-electron chi connectivity index (χ0n) is 10.9. The molecule has 0 atom stereocenters. The zero-order chi connectivity index (χ0) is 15.2. The van der Waals surface area contributed by atoms with E-state index in [1.54, 1.807) is 6.92 Å². The first-order chi connectivity index (χ1) is 9.39. The normalized spacial score (nSPS) is 10.9. The lowest BCUT2D eigenvalue weighted by molar-refractivity contribution is -0.147. The average Bonchev–Trinajstić information content (AvgIpc) is 2.39. The number of ether oxygens (including phenoxy) is 1. The number of carbonyl (C=O) groups is 2. The van der Waals surface area contributed by atoms with Gasteiger partial charge >= 0.3 is 11.9 Å². The summed E-state index contributed by atoms with van der Waals surface area (Å²) in [7, 11) is 0. The number of benzene rings is 1. The van der Waals surface area contributed by atoms with Crippen LogP contribution in [0.25, 0.3) is 0 Å². The van der Waals surface area contributed by atoms with Crippen molar-refractivity contribution in [3.63, 3.8) is 0 Å². The van der Waals surface area contributed by atoms with Crippen LogP contribution in [0.15, 0.2) is 24.3 Å². The summed E-state index contributed by atoms with van der Waals surface area (Å²) in [6, 6.07) is 5.34. The van der Waals surface area contributed by atoms with E-state index in [4.69, 9.17) is 9.84 Å². The van der Waals surface area contributed by atoms with Gasteiger partial charge in [-0.05, 0) is 19.1 Å². The number of nitrogens with one attached hydrogen (secondary N) is 1. The quantitative estimate of drug-likeness (QED) is 0.801. The fraction of sp³-hybridized carbons (Fsp3) is 0.385. The minimum absolute atomic E-state index is 0.0756. The molecule has 110 valence electrons. The molecule has 0 aliphatic rings. The van der Waals surface area contributed by atoms with Gasteiger partial charge in [0.1, 0.15) is 5.75 Å². The van der Waals surface area contributed by atoms with E-state index in [2.05, 4.69) is 0 Å². The lowest BCUT2D eigenvalue weighted by Crippen LogP contribution is -2.39. The number of carboxylic acid groups (broad SMARTS) is 1. The van der Waals surface area contributed by atoms with Crippen LogP contribution in [0.1, 0.15) is 18.9 Å². The van der Waals surface area contributed by atoms with Gasteiger partial charge in [0.25, 0.3) is 5.91 Å². The van der Waals surface area contributed by atoms with E-state index < -0.39 is 29.8 Å².